The fourth-order valence-corrected chi connectivity index (χ4v) is 4.31. The highest BCUT2D eigenvalue weighted by atomic mass is 32.2. The van der Waals surface area contributed by atoms with Crippen LogP contribution in [0.1, 0.15) is 17.4 Å². The maximum absolute atomic E-state index is 13.3. The number of imidazole rings is 1. The van der Waals surface area contributed by atoms with E-state index < -0.39 is 29.2 Å². The number of halogens is 2. The van der Waals surface area contributed by atoms with Crippen molar-refractivity contribution in [2.45, 2.75) is 24.4 Å². The third-order valence-corrected chi connectivity index (χ3v) is 5.87. The van der Waals surface area contributed by atoms with Crippen LogP contribution in [-0.4, -0.2) is 52.0 Å². The maximum atomic E-state index is 13.3. The van der Waals surface area contributed by atoms with E-state index in [-0.39, 0.29) is 40.0 Å². The van der Waals surface area contributed by atoms with Crippen LogP contribution in [-0.2, 0) is 16.6 Å². The Morgan fingerprint density at radius 3 is 2.64 bits per heavy atom. The molecule has 0 aliphatic carbocycles. The number of nitroso groups, excluding NO2 is 1. The van der Waals surface area contributed by atoms with Crippen LogP contribution in [0, 0.1) is 10.8 Å². The molecule has 0 bridgehead atoms. The van der Waals surface area contributed by atoms with E-state index in [1.54, 1.807) is 6.07 Å². The van der Waals surface area contributed by atoms with Gasteiger partial charge in [0, 0.05) is 18.3 Å². The average molecular weight is 482 g/mol. The van der Waals surface area contributed by atoms with Gasteiger partial charge in [-0.3, -0.25) is 18.6 Å². The number of ether oxygens (including phenoxy) is 3. The van der Waals surface area contributed by atoms with Gasteiger partial charge in [-0.2, -0.15) is 13.7 Å². The van der Waals surface area contributed by atoms with Crippen molar-refractivity contribution in [1.29, 1.82) is 0 Å². The largest absolute Gasteiger partial charge is 0.493 e. The van der Waals surface area contributed by atoms with Gasteiger partial charge >= 0.3 is 6.61 Å². The third-order valence-electron chi connectivity index (χ3n) is 4.65. The summed E-state index contributed by atoms with van der Waals surface area (Å²) < 4.78 is 54.6. The standard InChI is InChI=1S/C20H20F2N4O6S/c1-11(9-24-28)18(27)26-15-5-4-12(32-19(21)22)8-13(15)25-20(26)33(29)10-14-17(31-3)16(30-2)6-7-23-14/h4-8,11,19H,9-10H2,1-3H3. The van der Waals surface area contributed by atoms with Crippen molar-refractivity contribution in [3.63, 3.8) is 0 Å². The molecule has 3 rings (SSSR count). The number of rotatable bonds is 10. The summed E-state index contributed by atoms with van der Waals surface area (Å²) in [6.07, 6.45) is 1.45. The van der Waals surface area contributed by atoms with E-state index in [1.165, 1.54) is 45.5 Å². The second kappa shape index (κ2) is 10.4. The van der Waals surface area contributed by atoms with Gasteiger partial charge in [-0.25, -0.2) is 4.98 Å². The van der Waals surface area contributed by atoms with Crippen LogP contribution in [0.2, 0.25) is 0 Å². The van der Waals surface area contributed by atoms with E-state index in [2.05, 4.69) is 19.9 Å². The first kappa shape index (κ1) is 24.2. The van der Waals surface area contributed by atoms with Crippen LogP contribution in [0.25, 0.3) is 11.0 Å². The smallest absolute Gasteiger partial charge is 0.387 e. The fourth-order valence-electron chi connectivity index (χ4n) is 3.13. The van der Waals surface area contributed by atoms with Crippen molar-refractivity contribution in [2.75, 3.05) is 20.8 Å². The van der Waals surface area contributed by atoms with Crippen LogP contribution in [0.5, 0.6) is 17.2 Å². The molecule has 0 saturated carbocycles. The lowest BCUT2D eigenvalue weighted by atomic mass is 10.1. The van der Waals surface area contributed by atoms with Crippen molar-refractivity contribution in [3.8, 4) is 17.2 Å². The molecule has 0 radical (unpaired) electrons. The van der Waals surface area contributed by atoms with Crippen molar-refractivity contribution in [3.05, 3.63) is 41.1 Å². The van der Waals surface area contributed by atoms with Crippen molar-refractivity contribution >= 4 is 27.7 Å². The summed E-state index contributed by atoms with van der Waals surface area (Å²) >= 11 is 0. The van der Waals surface area contributed by atoms with Crippen molar-refractivity contribution < 1.29 is 32.0 Å². The lowest BCUT2D eigenvalue weighted by molar-refractivity contribution is -0.0497. The number of carbonyl (C=O) groups is 1. The molecule has 0 amide bonds. The number of aromatic nitrogens is 3. The number of benzene rings is 1. The Morgan fingerprint density at radius 2 is 2.00 bits per heavy atom. The van der Waals surface area contributed by atoms with E-state index in [4.69, 9.17) is 9.47 Å². The molecule has 0 aliphatic heterocycles. The Bertz CT molecular complexity index is 1200. The summed E-state index contributed by atoms with van der Waals surface area (Å²) in [7, 11) is 0.925. The monoisotopic (exact) mass is 482 g/mol. The summed E-state index contributed by atoms with van der Waals surface area (Å²) in [5.74, 6) is -1.12. The molecule has 3 aromatic rings. The summed E-state index contributed by atoms with van der Waals surface area (Å²) in [4.78, 5) is 32.2. The van der Waals surface area contributed by atoms with Gasteiger partial charge in [0.15, 0.2) is 11.5 Å². The molecule has 0 N–H and O–H groups in total. The van der Waals surface area contributed by atoms with Gasteiger partial charge in [0.05, 0.1) is 60.0 Å². The molecular formula is C20H20F2N4O6S. The quantitative estimate of drug-likeness (QED) is 0.403. The topological polar surface area (TPSA) is 122 Å². The van der Waals surface area contributed by atoms with Gasteiger partial charge in [-0.15, -0.1) is 0 Å². The Morgan fingerprint density at radius 1 is 1.24 bits per heavy atom. The molecule has 0 fully saturated rings. The first-order valence-corrected chi connectivity index (χ1v) is 10.9. The Kier molecular flexibility index (Phi) is 7.63. The number of fused-ring (bicyclic) bond motifs is 1. The van der Waals surface area contributed by atoms with E-state index in [1.807, 2.05) is 0 Å². The highest BCUT2D eigenvalue weighted by molar-refractivity contribution is 7.84. The summed E-state index contributed by atoms with van der Waals surface area (Å²) in [6, 6.07) is 5.37. The fraction of sp³-hybridized carbons (Fsp3) is 0.350. The molecule has 1 aromatic carbocycles. The number of hydrogen-bond acceptors (Lipinski definition) is 9. The minimum atomic E-state index is -3.05. The van der Waals surface area contributed by atoms with Crippen molar-refractivity contribution in [1.82, 2.24) is 14.5 Å². The van der Waals surface area contributed by atoms with Crippen LogP contribution < -0.4 is 14.2 Å². The average Bonchev–Trinajstić information content (AvgIpc) is 3.16. The molecule has 2 atom stereocenters. The van der Waals surface area contributed by atoms with Crippen LogP contribution in [0.4, 0.5) is 8.78 Å². The Labute approximate surface area is 189 Å². The molecule has 0 aliphatic rings. The van der Waals surface area contributed by atoms with E-state index in [0.29, 0.717) is 11.4 Å². The summed E-state index contributed by atoms with van der Waals surface area (Å²) in [6.45, 7) is -1.86. The highest BCUT2D eigenvalue weighted by Crippen LogP contribution is 2.31. The zero-order chi connectivity index (χ0) is 24.1. The normalized spacial score (nSPS) is 13.0. The number of nitrogens with zero attached hydrogens (tertiary/aromatic N) is 4. The number of carbonyl (C=O) groups excluding carboxylic acids is 1. The SMILES string of the molecule is COc1ccnc(CS(=O)c2nc3cc(OC(F)F)ccc3n2C(=O)C(C)CN=O)c1OC. The first-order chi connectivity index (χ1) is 15.8. The Balaban J connectivity index is 2.10. The zero-order valence-electron chi connectivity index (χ0n) is 17.9. The molecule has 33 heavy (non-hydrogen) atoms. The summed E-state index contributed by atoms with van der Waals surface area (Å²) in [5, 5.41) is 2.61. The number of alkyl halides is 2. The van der Waals surface area contributed by atoms with Crippen molar-refractivity contribution in [2.24, 2.45) is 11.1 Å². The second-order valence-electron chi connectivity index (χ2n) is 6.79. The van der Waals surface area contributed by atoms with E-state index in [0.717, 1.165) is 4.57 Å². The van der Waals surface area contributed by atoms with Gasteiger partial charge in [-0.05, 0) is 12.1 Å². The maximum Gasteiger partial charge on any atom is 0.387 e. The molecule has 10 nitrogen and oxygen atoms in total. The predicted molar refractivity (Wildman–Crippen MR) is 114 cm³/mol. The zero-order valence-corrected chi connectivity index (χ0v) is 18.7. The first-order valence-electron chi connectivity index (χ1n) is 9.55. The number of methoxy groups -OCH3 is 2. The lowest BCUT2D eigenvalue weighted by Crippen LogP contribution is -2.24. The van der Waals surface area contributed by atoms with Gasteiger partial charge in [0.2, 0.25) is 11.1 Å². The Hall–Kier alpha value is -3.48. The minimum absolute atomic E-state index is 0.113. The number of pyridine rings is 1. The number of hydrogen-bond donors (Lipinski definition) is 0. The van der Waals surface area contributed by atoms with Crippen LogP contribution in [0.3, 0.4) is 0 Å². The molecule has 13 heteroatoms. The van der Waals surface area contributed by atoms with Gasteiger partial charge in [-0.1, -0.05) is 12.1 Å². The van der Waals surface area contributed by atoms with Crippen LogP contribution >= 0.6 is 0 Å². The third kappa shape index (κ3) is 5.13. The molecule has 176 valence electrons. The summed E-state index contributed by atoms with van der Waals surface area (Å²) in [5.41, 5.74) is 0.625. The molecule has 0 saturated heterocycles. The van der Waals surface area contributed by atoms with E-state index >= 15 is 0 Å². The molecular weight excluding hydrogens is 462 g/mol. The van der Waals surface area contributed by atoms with Crippen LogP contribution in [0.15, 0.2) is 40.8 Å². The molecule has 2 heterocycles. The van der Waals surface area contributed by atoms with Gasteiger partial charge in [0.1, 0.15) is 5.75 Å². The minimum Gasteiger partial charge on any atom is -0.493 e. The highest BCUT2D eigenvalue weighted by Gasteiger charge is 2.27. The lowest BCUT2D eigenvalue weighted by Gasteiger charge is -2.13. The molecule has 2 unspecified atom stereocenters. The van der Waals surface area contributed by atoms with Gasteiger partial charge < -0.3 is 14.2 Å². The van der Waals surface area contributed by atoms with Gasteiger partial charge in [0.25, 0.3) is 0 Å². The van der Waals surface area contributed by atoms with E-state index in [9.17, 15) is 22.7 Å². The predicted octanol–water partition coefficient (Wildman–Crippen LogP) is 3.40. The second-order valence-corrected chi connectivity index (χ2v) is 8.14. The molecule has 0 spiro atoms. The molecule has 2 aromatic heterocycles.